The van der Waals surface area contributed by atoms with Crippen LogP contribution in [0.25, 0.3) is 0 Å². The summed E-state index contributed by atoms with van der Waals surface area (Å²) in [6.07, 6.45) is 0.213. The summed E-state index contributed by atoms with van der Waals surface area (Å²) in [6, 6.07) is 22.3. The Balaban J connectivity index is 1.72. The molecule has 0 saturated heterocycles. The lowest BCUT2D eigenvalue weighted by Gasteiger charge is -2.23. The minimum absolute atomic E-state index is 0.00869. The second kappa shape index (κ2) is 9.14. The molecule has 0 spiro atoms. The van der Waals surface area contributed by atoms with E-state index in [0.29, 0.717) is 12.1 Å². The molecule has 1 N–H and O–H groups in total. The van der Waals surface area contributed by atoms with Crippen LogP contribution >= 0.6 is 11.3 Å². The van der Waals surface area contributed by atoms with E-state index in [2.05, 4.69) is 5.32 Å². The summed E-state index contributed by atoms with van der Waals surface area (Å²) in [4.78, 5) is 28.2. The van der Waals surface area contributed by atoms with Gasteiger partial charge in [0.25, 0.3) is 5.91 Å². The molecule has 138 valence electrons. The van der Waals surface area contributed by atoms with Gasteiger partial charge in [-0.05, 0) is 29.1 Å². The van der Waals surface area contributed by atoms with Crippen LogP contribution in [0.1, 0.15) is 33.3 Å². The molecule has 0 aliphatic heterocycles. The molecule has 1 aromatic heterocycles. The molecule has 1 unspecified atom stereocenters. The molecule has 0 saturated carbocycles. The van der Waals surface area contributed by atoms with Crippen molar-refractivity contribution in [2.75, 3.05) is 7.05 Å². The number of thiophene rings is 1. The molecule has 27 heavy (non-hydrogen) atoms. The van der Waals surface area contributed by atoms with Gasteiger partial charge in [0.05, 0.1) is 19.0 Å². The highest BCUT2D eigenvalue weighted by Gasteiger charge is 2.21. The first-order valence-electron chi connectivity index (χ1n) is 8.80. The Morgan fingerprint density at radius 1 is 0.963 bits per heavy atom. The zero-order chi connectivity index (χ0) is 19.1. The molecule has 2 amide bonds. The Hall–Kier alpha value is -2.92. The lowest BCUT2D eigenvalue weighted by atomic mass is 10.0. The number of hydrogen-bond donors (Lipinski definition) is 1. The van der Waals surface area contributed by atoms with Crippen LogP contribution in [0.15, 0.2) is 78.2 Å². The zero-order valence-electron chi connectivity index (χ0n) is 15.2. The van der Waals surface area contributed by atoms with Gasteiger partial charge in [-0.25, -0.2) is 0 Å². The topological polar surface area (TPSA) is 49.4 Å². The molecule has 2 aromatic carbocycles. The van der Waals surface area contributed by atoms with Gasteiger partial charge in [0.2, 0.25) is 5.91 Å². The van der Waals surface area contributed by atoms with Crippen molar-refractivity contribution < 1.29 is 9.59 Å². The first-order chi connectivity index (χ1) is 13.1. The third kappa shape index (κ3) is 5.28. The minimum atomic E-state index is -0.378. The van der Waals surface area contributed by atoms with Crippen LogP contribution in [0.2, 0.25) is 0 Å². The molecule has 3 aromatic rings. The SMILES string of the molecule is CN(Cc1cccs1)C(=O)CC(NC(=O)c1ccccc1)c1ccccc1. The average Bonchev–Trinajstić information content (AvgIpc) is 3.21. The third-order valence-electron chi connectivity index (χ3n) is 4.32. The predicted octanol–water partition coefficient (Wildman–Crippen LogP) is 4.27. The molecule has 1 atom stereocenters. The quantitative estimate of drug-likeness (QED) is 0.667. The normalized spacial score (nSPS) is 11.6. The fourth-order valence-corrected chi connectivity index (χ4v) is 3.58. The molecule has 0 aliphatic rings. The van der Waals surface area contributed by atoms with Crippen LogP contribution in [-0.2, 0) is 11.3 Å². The Morgan fingerprint density at radius 2 is 1.63 bits per heavy atom. The number of rotatable bonds is 7. The van der Waals surface area contributed by atoms with E-state index in [1.165, 1.54) is 0 Å². The van der Waals surface area contributed by atoms with E-state index in [4.69, 9.17) is 0 Å². The summed E-state index contributed by atoms with van der Waals surface area (Å²) in [6.45, 7) is 0.574. The van der Waals surface area contributed by atoms with Crippen molar-refractivity contribution in [2.24, 2.45) is 0 Å². The first-order valence-corrected chi connectivity index (χ1v) is 9.68. The summed E-state index contributed by atoms with van der Waals surface area (Å²) >= 11 is 1.63. The molecular formula is C22H22N2O2S. The Kier molecular flexibility index (Phi) is 6.39. The average molecular weight is 378 g/mol. The number of amides is 2. The van der Waals surface area contributed by atoms with Gasteiger partial charge in [-0.15, -0.1) is 11.3 Å². The molecule has 0 radical (unpaired) electrons. The second-order valence-electron chi connectivity index (χ2n) is 6.34. The van der Waals surface area contributed by atoms with Crippen molar-refractivity contribution in [1.82, 2.24) is 10.2 Å². The molecule has 0 aliphatic carbocycles. The van der Waals surface area contributed by atoms with Crippen molar-refractivity contribution in [1.29, 1.82) is 0 Å². The van der Waals surface area contributed by atoms with Crippen LogP contribution in [0.4, 0.5) is 0 Å². The minimum Gasteiger partial charge on any atom is -0.345 e. The van der Waals surface area contributed by atoms with Gasteiger partial charge >= 0.3 is 0 Å². The van der Waals surface area contributed by atoms with Gasteiger partial charge in [0.15, 0.2) is 0 Å². The highest BCUT2D eigenvalue weighted by molar-refractivity contribution is 7.09. The van der Waals surface area contributed by atoms with E-state index in [1.54, 1.807) is 35.4 Å². The van der Waals surface area contributed by atoms with Crippen molar-refractivity contribution in [3.05, 3.63) is 94.2 Å². The summed E-state index contributed by atoms with van der Waals surface area (Å²) in [5.74, 6) is -0.191. The predicted molar refractivity (Wildman–Crippen MR) is 109 cm³/mol. The van der Waals surface area contributed by atoms with Crippen LogP contribution in [0, 0.1) is 0 Å². The Morgan fingerprint density at radius 3 is 2.26 bits per heavy atom. The molecule has 0 bridgehead atoms. The standard InChI is InChI=1S/C22H22N2O2S/c1-24(16-19-13-8-14-27-19)21(25)15-20(17-9-4-2-5-10-17)23-22(26)18-11-6-3-7-12-18/h2-14,20H,15-16H2,1H3,(H,23,26). The number of carbonyl (C=O) groups excluding carboxylic acids is 2. The summed E-state index contributed by atoms with van der Waals surface area (Å²) in [5, 5.41) is 5.01. The fourth-order valence-electron chi connectivity index (χ4n) is 2.82. The van der Waals surface area contributed by atoms with Crippen LogP contribution in [0.5, 0.6) is 0 Å². The van der Waals surface area contributed by atoms with E-state index >= 15 is 0 Å². The first kappa shape index (κ1) is 18.9. The molecular weight excluding hydrogens is 356 g/mol. The van der Waals surface area contributed by atoms with E-state index in [9.17, 15) is 9.59 Å². The third-order valence-corrected chi connectivity index (χ3v) is 5.18. The van der Waals surface area contributed by atoms with Crippen LogP contribution in [-0.4, -0.2) is 23.8 Å². The van der Waals surface area contributed by atoms with Crippen LogP contribution in [0.3, 0.4) is 0 Å². The fraction of sp³-hybridized carbons (Fsp3) is 0.182. The zero-order valence-corrected chi connectivity index (χ0v) is 16.0. The number of hydrogen-bond acceptors (Lipinski definition) is 3. The maximum Gasteiger partial charge on any atom is 0.251 e. The Bertz CT molecular complexity index is 864. The number of nitrogens with zero attached hydrogens (tertiary/aromatic N) is 1. The maximum absolute atomic E-state index is 12.8. The van der Waals surface area contributed by atoms with Gasteiger partial charge in [-0.3, -0.25) is 9.59 Å². The Labute approximate surface area is 163 Å². The van der Waals surface area contributed by atoms with E-state index < -0.39 is 0 Å². The van der Waals surface area contributed by atoms with Gasteiger partial charge in [0.1, 0.15) is 0 Å². The summed E-state index contributed by atoms with van der Waals surface area (Å²) < 4.78 is 0. The highest BCUT2D eigenvalue weighted by atomic mass is 32.1. The number of nitrogens with one attached hydrogen (secondary N) is 1. The van der Waals surface area contributed by atoms with E-state index in [0.717, 1.165) is 10.4 Å². The molecule has 5 heteroatoms. The smallest absolute Gasteiger partial charge is 0.251 e. The van der Waals surface area contributed by atoms with Gasteiger partial charge in [-0.2, -0.15) is 0 Å². The van der Waals surface area contributed by atoms with E-state index in [1.807, 2.05) is 66.0 Å². The summed E-state index contributed by atoms with van der Waals surface area (Å²) in [5.41, 5.74) is 1.50. The van der Waals surface area contributed by atoms with Gasteiger partial charge in [-0.1, -0.05) is 54.6 Å². The van der Waals surface area contributed by atoms with Crippen molar-refractivity contribution in [3.63, 3.8) is 0 Å². The summed E-state index contributed by atoms with van der Waals surface area (Å²) in [7, 11) is 1.79. The maximum atomic E-state index is 12.8. The molecule has 3 rings (SSSR count). The lowest BCUT2D eigenvalue weighted by molar-refractivity contribution is -0.130. The van der Waals surface area contributed by atoms with Crippen molar-refractivity contribution in [2.45, 2.75) is 19.0 Å². The lowest BCUT2D eigenvalue weighted by Crippen LogP contribution is -2.34. The number of carbonyl (C=O) groups is 2. The number of benzene rings is 2. The van der Waals surface area contributed by atoms with Gasteiger partial charge < -0.3 is 10.2 Å². The second-order valence-corrected chi connectivity index (χ2v) is 7.37. The largest absolute Gasteiger partial charge is 0.345 e. The molecule has 0 fully saturated rings. The van der Waals surface area contributed by atoms with Gasteiger partial charge in [0, 0.05) is 17.5 Å². The van der Waals surface area contributed by atoms with Crippen LogP contribution < -0.4 is 5.32 Å². The van der Waals surface area contributed by atoms with Crippen molar-refractivity contribution in [3.8, 4) is 0 Å². The molecule has 1 heterocycles. The van der Waals surface area contributed by atoms with E-state index in [-0.39, 0.29) is 24.3 Å². The highest BCUT2D eigenvalue weighted by Crippen LogP contribution is 2.20. The van der Waals surface area contributed by atoms with Crippen molar-refractivity contribution >= 4 is 23.2 Å². The monoisotopic (exact) mass is 378 g/mol. The molecule has 4 nitrogen and oxygen atoms in total.